The number of rotatable bonds is 5. The first-order valence-corrected chi connectivity index (χ1v) is 9.55. The van der Waals surface area contributed by atoms with Gasteiger partial charge in [-0.2, -0.15) is 31.4 Å². The number of amides is 1. The molecule has 13 heteroatoms. The Morgan fingerprint density at radius 2 is 1.76 bits per heavy atom. The normalized spacial score (nSPS) is 13.0. The second-order valence-corrected chi connectivity index (χ2v) is 7.34. The molecule has 0 aliphatic carbocycles. The summed E-state index contributed by atoms with van der Waals surface area (Å²) in [6.07, 6.45) is -7.83. The molecule has 176 valence electrons. The molecule has 0 bridgehead atoms. The second kappa shape index (κ2) is 8.93. The highest BCUT2D eigenvalue weighted by Gasteiger charge is 2.39. The summed E-state index contributed by atoms with van der Waals surface area (Å²) in [6.45, 7) is 1.56. The van der Waals surface area contributed by atoms with Gasteiger partial charge in [-0.3, -0.25) is 9.48 Å². The van der Waals surface area contributed by atoms with Crippen molar-refractivity contribution in [3.05, 3.63) is 70.1 Å². The lowest BCUT2D eigenvalue weighted by Gasteiger charge is -2.15. The lowest BCUT2D eigenvalue weighted by atomic mass is 10.1. The molecule has 0 aliphatic rings. The van der Waals surface area contributed by atoms with Gasteiger partial charge in [0.15, 0.2) is 5.69 Å². The Morgan fingerprint density at radius 1 is 1.12 bits per heavy atom. The van der Waals surface area contributed by atoms with Crippen LogP contribution >= 0.6 is 11.6 Å². The zero-order chi connectivity index (χ0) is 24.6. The summed E-state index contributed by atoms with van der Waals surface area (Å²) in [5.74, 6) is -1.00. The molecular formula is C20H15ClF6N4O2. The van der Waals surface area contributed by atoms with Gasteiger partial charge in [-0.05, 0) is 30.7 Å². The molecule has 3 rings (SSSR count). The topological polar surface area (TPSA) is 69.0 Å². The molecule has 0 spiro atoms. The highest BCUT2D eigenvalue weighted by Crippen LogP contribution is 2.35. The maximum absolute atomic E-state index is 13.1. The third kappa shape index (κ3) is 5.75. The van der Waals surface area contributed by atoms with E-state index in [9.17, 15) is 31.1 Å². The monoisotopic (exact) mass is 492 g/mol. The van der Waals surface area contributed by atoms with Gasteiger partial charge >= 0.3 is 12.4 Å². The SMILES string of the molecule is CC(NC(=O)c1cn(C)nc1C(F)(F)F)c1ccc(Oc2ncc(C(F)(F)F)cc2Cl)cc1. The van der Waals surface area contributed by atoms with E-state index >= 15 is 0 Å². The fourth-order valence-corrected chi connectivity index (χ4v) is 3.02. The number of ether oxygens (including phenoxy) is 1. The van der Waals surface area contributed by atoms with E-state index in [1.807, 2.05) is 0 Å². The van der Waals surface area contributed by atoms with Gasteiger partial charge in [-0.25, -0.2) is 4.98 Å². The van der Waals surface area contributed by atoms with Crippen LogP contribution in [0.4, 0.5) is 26.3 Å². The molecule has 6 nitrogen and oxygen atoms in total. The number of pyridine rings is 1. The van der Waals surface area contributed by atoms with Crippen LogP contribution in [0.15, 0.2) is 42.7 Å². The number of halogens is 7. The van der Waals surface area contributed by atoms with Crippen molar-refractivity contribution >= 4 is 17.5 Å². The van der Waals surface area contributed by atoms with E-state index in [0.717, 1.165) is 10.9 Å². The van der Waals surface area contributed by atoms with Crippen LogP contribution in [0.3, 0.4) is 0 Å². The first-order chi connectivity index (χ1) is 15.3. The lowest BCUT2D eigenvalue weighted by molar-refractivity contribution is -0.141. The smallest absolute Gasteiger partial charge is 0.435 e. The summed E-state index contributed by atoms with van der Waals surface area (Å²) in [5.41, 5.74) is -2.40. The number of nitrogens with one attached hydrogen (secondary N) is 1. The van der Waals surface area contributed by atoms with Crippen LogP contribution in [0.25, 0.3) is 0 Å². The first kappa shape index (κ1) is 24.4. The van der Waals surface area contributed by atoms with Gasteiger partial charge in [0.05, 0.1) is 17.2 Å². The third-order valence-corrected chi connectivity index (χ3v) is 4.69. The minimum atomic E-state index is -4.79. The number of hydrogen-bond donors (Lipinski definition) is 1. The fraction of sp³-hybridized carbons (Fsp3) is 0.250. The number of nitrogens with zero attached hydrogens (tertiary/aromatic N) is 3. The van der Waals surface area contributed by atoms with Gasteiger partial charge in [0.1, 0.15) is 10.8 Å². The molecule has 1 unspecified atom stereocenters. The van der Waals surface area contributed by atoms with E-state index in [1.165, 1.54) is 31.3 Å². The quantitative estimate of drug-likeness (QED) is 0.458. The first-order valence-electron chi connectivity index (χ1n) is 9.18. The standard InChI is InChI=1S/C20H15ClF6N4O2/c1-10(29-17(32)14-9-31(2)30-16(14)20(25,26)27)11-3-5-13(6-4-11)33-18-15(21)7-12(8-28-18)19(22,23)24/h3-10H,1-2H3,(H,29,32). The molecule has 1 aromatic carbocycles. The van der Waals surface area contributed by atoms with Crippen molar-refractivity contribution in [3.8, 4) is 11.6 Å². The number of alkyl halides is 6. The highest BCUT2D eigenvalue weighted by molar-refractivity contribution is 6.31. The Balaban J connectivity index is 1.70. The van der Waals surface area contributed by atoms with E-state index in [1.54, 1.807) is 6.92 Å². The van der Waals surface area contributed by atoms with E-state index in [-0.39, 0.29) is 16.7 Å². The van der Waals surface area contributed by atoms with Crippen molar-refractivity contribution in [2.75, 3.05) is 0 Å². The van der Waals surface area contributed by atoms with Crippen molar-refractivity contribution in [2.24, 2.45) is 7.05 Å². The summed E-state index contributed by atoms with van der Waals surface area (Å²) in [6, 6.07) is 5.93. The molecule has 0 radical (unpaired) electrons. The number of benzene rings is 1. The third-order valence-electron chi connectivity index (χ3n) is 4.42. The molecule has 0 fully saturated rings. The maximum Gasteiger partial charge on any atom is 0.435 e. The molecule has 2 aromatic heterocycles. The summed E-state index contributed by atoms with van der Waals surface area (Å²) in [4.78, 5) is 15.9. The van der Waals surface area contributed by atoms with Gasteiger partial charge in [0.25, 0.3) is 5.91 Å². The molecule has 33 heavy (non-hydrogen) atoms. The minimum absolute atomic E-state index is 0.193. The Labute approximate surface area is 188 Å². The van der Waals surface area contributed by atoms with E-state index < -0.39 is 41.1 Å². The fourth-order valence-electron chi connectivity index (χ4n) is 2.81. The second-order valence-electron chi connectivity index (χ2n) is 6.94. The maximum atomic E-state index is 13.1. The zero-order valence-corrected chi connectivity index (χ0v) is 17.7. The molecule has 1 amide bonds. The van der Waals surface area contributed by atoms with Gasteiger partial charge in [0.2, 0.25) is 5.88 Å². The van der Waals surface area contributed by atoms with Crippen LogP contribution in [-0.2, 0) is 19.4 Å². The molecule has 0 saturated carbocycles. The predicted molar refractivity (Wildman–Crippen MR) is 105 cm³/mol. The van der Waals surface area contributed by atoms with Crippen molar-refractivity contribution in [1.29, 1.82) is 0 Å². The van der Waals surface area contributed by atoms with Crippen molar-refractivity contribution in [1.82, 2.24) is 20.1 Å². The zero-order valence-electron chi connectivity index (χ0n) is 16.9. The lowest BCUT2D eigenvalue weighted by Crippen LogP contribution is -2.28. The molecule has 1 atom stereocenters. The predicted octanol–water partition coefficient (Wildman–Crippen LogP) is 5.79. The van der Waals surface area contributed by atoms with E-state index in [0.29, 0.717) is 17.8 Å². The van der Waals surface area contributed by atoms with Crippen LogP contribution in [0.5, 0.6) is 11.6 Å². The molecular weight excluding hydrogens is 478 g/mol. The van der Waals surface area contributed by atoms with E-state index in [4.69, 9.17) is 16.3 Å². The van der Waals surface area contributed by atoms with Gasteiger partial charge in [0, 0.05) is 19.4 Å². The van der Waals surface area contributed by atoms with Crippen LogP contribution < -0.4 is 10.1 Å². The Bertz CT molecular complexity index is 1160. The number of aromatic nitrogens is 3. The number of hydrogen-bond acceptors (Lipinski definition) is 4. The van der Waals surface area contributed by atoms with Gasteiger partial charge < -0.3 is 10.1 Å². The minimum Gasteiger partial charge on any atom is -0.438 e. The van der Waals surface area contributed by atoms with Crippen molar-refractivity contribution in [3.63, 3.8) is 0 Å². The Hall–Kier alpha value is -3.28. The van der Waals surface area contributed by atoms with Crippen LogP contribution in [0, 0.1) is 0 Å². The summed E-state index contributed by atoms with van der Waals surface area (Å²) < 4.78 is 83.6. The highest BCUT2D eigenvalue weighted by atomic mass is 35.5. The van der Waals surface area contributed by atoms with Gasteiger partial charge in [-0.15, -0.1) is 0 Å². The average Bonchev–Trinajstić information content (AvgIpc) is 3.11. The summed E-state index contributed by atoms with van der Waals surface area (Å²) in [7, 11) is 1.27. The number of aryl methyl sites for hydroxylation is 1. The van der Waals surface area contributed by atoms with Crippen molar-refractivity contribution < 1.29 is 35.9 Å². The van der Waals surface area contributed by atoms with Crippen LogP contribution in [0.2, 0.25) is 5.02 Å². The molecule has 0 saturated heterocycles. The average molecular weight is 493 g/mol. The van der Waals surface area contributed by atoms with Gasteiger partial charge in [-0.1, -0.05) is 23.7 Å². The summed E-state index contributed by atoms with van der Waals surface area (Å²) >= 11 is 5.81. The summed E-state index contributed by atoms with van der Waals surface area (Å²) in [5, 5.41) is 5.42. The molecule has 1 N–H and O–H groups in total. The number of carbonyl (C=O) groups is 1. The molecule has 2 heterocycles. The Kier molecular flexibility index (Phi) is 6.59. The number of carbonyl (C=O) groups excluding carboxylic acids is 1. The van der Waals surface area contributed by atoms with Crippen LogP contribution in [0.1, 0.15) is 40.1 Å². The Morgan fingerprint density at radius 3 is 2.30 bits per heavy atom. The largest absolute Gasteiger partial charge is 0.438 e. The molecule has 0 aliphatic heterocycles. The van der Waals surface area contributed by atoms with Crippen molar-refractivity contribution in [2.45, 2.75) is 25.3 Å². The van der Waals surface area contributed by atoms with E-state index in [2.05, 4.69) is 15.4 Å². The molecule has 3 aromatic rings. The van der Waals surface area contributed by atoms with Crippen LogP contribution in [-0.4, -0.2) is 20.7 Å².